The maximum Gasteiger partial charge on any atom is 0.416 e. The van der Waals surface area contributed by atoms with Crippen LogP contribution in [0.2, 0.25) is 0 Å². The Morgan fingerprint density at radius 1 is 0.365 bits per heavy atom. The standard InChI is InChI=1S/2C29H30F3NO4/c2*1-3-36-27(34)25(28(35)37-4-2)26(23-15-17-24(18-16-23)29(30,31)32)33(19-21-11-7-5-8-12-21)20-22-13-9-6-10-14-22/h2*5-18,25-26H,3-4,19-20H2,1-2H3/t2*26-/m00/s1. The summed E-state index contributed by atoms with van der Waals surface area (Å²) in [6, 6.07) is 44.9. The van der Waals surface area contributed by atoms with Crippen LogP contribution in [0.4, 0.5) is 26.3 Å². The van der Waals surface area contributed by atoms with Gasteiger partial charge in [-0.3, -0.25) is 29.0 Å². The molecule has 0 N–H and O–H groups in total. The quantitative estimate of drug-likeness (QED) is 0.0282. The van der Waals surface area contributed by atoms with Crippen molar-refractivity contribution >= 4 is 23.9 Å². The molecule has 0 spiro atoms. The fraction of sp³-hybridized carbons (Fsp3) is 0.310. The number of esters is 4. The van der Waals surface area contributed by atoms with Crippen LogP contribution in [0.15, 0.2) is 170 Å². The first-order valence-electron chi connectivity index (χ1n) is 24.1. The second-order valence-electron chi connectivity index (χ2n) is 16.8. The minimum Gasteiger partial charge on any atom is -0.465 e. The third kappa shape index (κ3) is 16.9. The first-order chi connectivity index (χ1) is 35.5. The van der Waals surface area contributed by atoms with Gasteiger partial charge in [-0.15, -0.1) is 0 Å². The Morgan fingerprint density at radius 3 is 0.770 bits per heavy atom. The summed E-state index contributed by atoms with van der Waals surface area (Å²) in [5.41, 5.74) is 2.71. The van der Waals surface area contributed by atoms with Crippen molar-refractivity contribution in [1.82, 2.24) is 9.80 Å². The molecule has 74 heavy (non-hydrogen) atoms. The van der Waals surface area contributed by atoms with E-state index in [1.807, 2.05) is 131 Å². The lowest BCUT2D eigenvalue weighted by molar-refractivity contribution is -0.167. The summed E-state index contributed by atoms with van der Waals surface area (Å²) in [5, 5.41) is 0. The van der Waals surface area contributed by atoms with Crippen LogP contribution in [0.3, 0.4) is 0 Å². The maximum atomic E-state index is 13.3. The molecule has 0 heterocycles. The zero-order valence-corrected chi connectivity index (χ0v) is 41.6. The normalized spacial score (nSPS) is 12.4. The molecule has 0 aliphatic carbocycles. The third-order valence-corrected chi connectivity index (χ3v) is 11.7. The molecule has 0 radical (unpaired) electrons. The first kappa shape index (κ1) is 57.6. The predicted octanol–water partition coefficient (Wildman–Crippen LogP) is 12.4. The molecule has 0 aromatic heterocycles. The molecular formula is C58H60F6N2O8. The van der Waals surface area contributed by atoms with Gasteiger partial charge in [0.2, 0.25) is 0 Å². The fourth-order valence-electron chi connectivity index (χ4n) is 8.38. The van der Waals surface area contributed by atoms with Crippen molar-refractivity contribution < 1.29 is 64.5 Å². The lowest BCUT2D eigenvalue weighted by Crippen LogP contribution is -2.42. The second kappa shape index (κ2) is 28.2. The molecule has 0 unspecified atom stereocenters. The van der Waals surface area contributed by atoms with Gasteiger partial charge in [0, 0.05) is 26.2 Å². The number of hydrogen-bond donors (Lipinski definition) is 0. The Hall–Kier alpha value is -7.30. The van der Waals surface area contributed by atoms with Gasteiger partial charge >= 0.3 is 36.2 Å². The van der Waals surface area contributed by atoms with Crippen molar-refractivity contribution in [3.8, 4) is 0 Å². The highest BCUT2D eigenvalue weighted by Crippen LogP contribution is 2.38. The number of halogens is 6. The van der Waals surface area contributed by atoms with Gasteiger partial charge in [-0.05, 0) is 85.3 Å². The van der Waals surface area contributed by atoms with Crippen molar-refractivity contribution in [1.29, 1.82) is 0 Å². The minimum absolute atomic E-state index is 0.0336. The summed E-state index contributed by atoms with van der Waals surface area (Å²) in [7, 11) is 0. The SMILES string of the molecule is CCOC(=O)C(C(=O)OCC)[C@H](c1ccc(C(F)(F)F)cc1)N(Cc1ccccc1)Cc1ccccc1.CCOC(=O)C(C(=O)OCC)[C@H](c1ccc(C(F)(F)F)cc1)N(Cc1ccccc1)Cc1ccccc1. The summed E-state index contributed by atoms with van der Waals surface area (Å²) >= 11 is 0. The predicted molar refractivity (Wildman–Crippen MR) is 266 cm³/mol. The monoisotopic (exact) mass is 1030 g/mol. The molecule has 0 aliphatic heterocycles. The summed E-state index contributed by atoms with van der Waals surface area (Å²) in [6.45, 7) is 7.89. The summed E-state index contributed by atoms with van der Waals surface area (Å²) in [4.78, 5) is 56.5. The topological polar surface area (TPSA) is 112 Å². The number of ether oxygens (including phenoxy) is 4. The molecule has 392 valence electrons. The van der Waals surface area contributed by atoms with Crippen LogP contribution in [0.25, 0.3) is 0 Å². The number of rotatable bonds is 22. The Labute approximate surface area is 427 Å². The molecule has 0 bridgehead atoms. The van der Waals surface area contributed by atoms with E-state index in [9.17, 15) is 45.5 Å². The van der Waals surface area contributed by atoms with Crippen molar-refractivity contribution in [3.05, 3.63) is 214 Å². The van der Waals surface area contributed by atoms with Crippen LogP contribution in [0, 0.1) is 11.8 Å². The van der Waals surface area contributed by atoms with Crippen molar-refractivity contribution in [2.45, 2.75) is 78.3 Å². The first-order valence-corrected chi connectivity index (χ1v) is 24.1. The third-order valence-electron chi connectivity index (χ3n) is 11.7. The van der Waals surface area contributed by atoms with Gasteiger partial charge < -0.3 is 18.9 Å². The molecule has 6 aromatic carbocycles. The van der Waals surface area contributed by atoms with E-state index in [0.717, 1.165) is 46.5 Å². The van der Waals surface area contributed by atoms with Crippen LogP contribution in [0.5, 0.6) is 0 Å². The van der Waals surface area contributed by atoms with E-state index in [1.54, 1.807) is 27.7 Å². The number of benzene rings is 6. The second-order valence-corrected chi connectivity index (χ2v) is 16.8. The summed E-state index contributed by atoms with van der Waals surface area (Å²) < 4.78 is 101. The molecule has 16 heteroatoms. The van der Waals surface area contributed by atoms with Gasteiger partial charge in [-0.25, -0.2) is 0 Å². The molecule has 0 saturated heterocycles. The number of carbonyl (C=O) groups is 4. The fourth-order valence-corrected chi connectivity index (χ4v) is 8.38. The molecule has 0 saturated carbocycles. The lowest BCUT2D eigenvalue weighted by Gasteiger charge is -2.36. The number of carbonyl (C=O) groups excluding carboxylic acids is 4. The largest absolute Gasteiger partial charge is 0.465 e. The van der Waals surface area contributed by atoms with Gasteiger partial charge in [-0.2, -0.15) is 26.3 Å². The highest BCUT2D eigenvalue weighted by molar-refractivity contribution is 5.96. The van der Waals surface area contributed by atoms with Crippen molar-refractivity contribution in [2.75, 3.05) is 26.4 Å². The number of nitrogens with zero attached hydrogens (tertiary/aromatic N) is 2. The Bertz CT molecular complexity index is 2340. The lowest BCUT2D eigenvalue weighted by atomic mass is 9.89. The maximum absolute atomic E-state index is 13.3. The average Bonchev–Trinajstić information content (AvgIpc) is 3.38. The molecule has 10 nitrogen and oxygen atoms in total. The average molecular weight is 1030 g/mol. The zero-order valence-electron chi connectivity index (χ0n) is 41.6. The van der Waals surface area contributed by atoms with E-state index in [4.69, 9.17) is 18.9 Å². The van der Waals surface area contributed by atoms with Crippen molar-refractivity contribution in [3.63, 3.8) is 0 Å². The van der Waals surface area contributed by atoms with E-state index >= 15 is 0 Å². The van der Waals surface area contributed by atoms with Gasteiger partial charge in [0.05, 0.1) is 49.6 Å². The van der Waals surface area contributed by atoms with E-state index in [-0.39, 0.29) is 26.4 Å². The van der Waals surface area contributed by atoms with Crippen LogP contribution in [-0.4, -0.2) is 60.1 Å². The zero-order chi connectivity index (χ0) is 53.7. The van der Waals surface area contributed by atoms with Gasteiger partial charge in [0.15, 0.2) is 11.8 Å². The van der Waals surface area contributed by atoms with Gasteiger partial charge in [-0.1, -0.05) is 146 Å². The highest BCUT2D eigenvalue weighted by atomic mass is 19.4. The summed E-state index contributed by atoms with van der Waals surface area (Å²) in [5.74, 6) is -6.00. The molecule has 0 amide bonds. The van der Waals surface area contributed by atoms with Crippen LogP contribution in [-0.2, 0) is 76.7 Å². The number of hydrogen-bond acceptors (Lipinski definition) is 10. The smallest absolute Gasteiger partial charge is 0.416 e. The van der Waals surface area contributed by atoms with E-state index in [2.05, 4.69) is 0 Å². The van der Waals surface area contributed by atoms with Crippen LogP contribution < -0.4 is 0 Å². The van der Waals surface area contributed by atoms with E-state index in [0.29, 0.717) is 37.3 Å². The van der Waals surface area contributed by atoms with Crippen LogP contribution >= 0.6 is 0 Å². The Morgan fingerprint density at radius 2 is 0.581 bits per heavy atom. The van der Waals surface area contributed by atoms with Crippen molar-refractivity contribution in [2.24, 2.45) is 11.8 Å². The van der Waals surface area contributed by atoms with Gasteiger partial charge in [0.1, 0.15) is 0 Å². The molecule has 0 aliphatic rings. The van der Waals surface area contributed by atoms with E-state index < -0.39 is 71.3 Å². The van der Waals surface area contributed by atoms with Gasteiger partial charge in [0.25, 0.3) is 0 Å². The molecule has 6 rings (SSSR count). The summed E-state index contributed by atoms with van der Waals surface area (Å²) in [6.07, 6.45) is -9.05. The van der Waals surface area contributed by atoms with Crippen LogP contribution in [0.1, 0.15) is 84.3 Å². The molecule has 0 fully saturated rings. The molecular weight excluding hydrogens is 967 g/mol. The minimum atomic E-state index is -4.52. The number of alkyl halides is 6. The van der Waals surface area contributed by atoms with E-state index in [1.165, 1.54) is 24.3 Å². The highest BCUT2D eigenvalue weighted by Gasteiger charge is 2.44. The molecule has 6 aromatic rings. The Balaban J connectivity index is 0.000000274. The Kier molecular flexibility index (Phi) is 22.0. The molecule has 2 atom stereocenters.